The second kappa shape index (κ2) is 11.7. The normalized spacial score (nSPS) is 17.5. The van der Waals surface area contributed by atoms with Crippen LogP contribution in [0.4, 0.5) is 21.9 Å². The van der Waals surface area contributed by atoms with Crippen LogP contribution in [0.3, 0.4) is 0 Å². The molecule has 0 aromatic heterocycles. The van der Waals surface area contributed by atoms with Gasteiger partial charge in [-0.1, -0.05) is 34.8 Å². The minimum atomic E-state index is -1.35. The monoisotopic (exact) mass is 641 g/mol. The maximum atomic E-state index is 13.1. The fraction of sp³-hybridized carbons (Fsp3) is 0.250. The molecule has 0 spiro atoms. The van der Waals surface area contributed by atoms with Gasteiger partial charge in [-0.05, 0) is 87.0 Å². The average molecular weight is 644 g/mol. The van der Waals surface area contributed by atoms with Crippen molar-refractivity contribution >= 4 is 93.0 Å². The zero-order valence-corrected chi connectivity index (χ0v) is 25.2. The van der Waals surface area contributed by atoms with Crippen molar-refractivity contribution in [3.8, 4) is 0 Å². The van der Waals surface area contributed by atoms with E-state index in [4.69, 9.17) is 62.7 Å². The smallest absolute Gasteiger partial charge is 0.412 e. The Balaban J connectivity index is 1.41. The average Bonchev–Trinajstić information content (AvgIpc) is 3.41. The number of nitrogens with one attached hydrogen (secondary N) is 3. The van der Waals surface area contributed by atoms with Crippen LogP contribution in [-0.4, -0.2) is 27.8 Å². The quantitative estimate of drug-likeness (QED) is 0.234. The number of amides is 3. The third kappa shape index (κ3) is 7.33. The van der Waals surface area contributed by atoms with Gasteiger partial charge in [-0.25, -0.2) is 4.79 Å². The van der Waals surface area contributed by atoms with E-state index in [0.717, 1.165) is 0 Å². The van der Waals surface area contributed by atoms with Crippen LogP contribution in [0.25, 0.3) is 0 Å². The highest BCUT2D eigenvalue weighted by molar-refractivity contribution is 6.53. The zero-order valence-electron chi connectivity index (χ0n) is 21.5. The Morgan fingerprint density at radius 1 is 0.775 bits per heavy atom. The van der Waals surface area contributed by atoms with Crippen molar-refractivity contribution in [3.63, 3.8) is 0 Å². The van der Waals surface area contributed by atoms with Crippen molar-refractivity contribution in [2.75, 3.05) is 16.0 Å². The SMILES string of the molecule is CC(C)(C)OC(=O)Nc1ccc(NC(=O)c2cc(NC(=O)[C@H]3[C@H](c4cc(Cl)cc(Cl)c4)C3(Cl)Cl)ccc2Cl)cc1. The van der Waals surface area contributed by atoms with Crippen LogP contribution < -0.4 is 16.0 Å². The summed E-state index contributed by atoms with van der Waals surface area (Å²) in [6.45, 7) is 5.29. The second-order valence-corrected chi connectivity index (χ2v) is 12.9. The van der Waals surface area contributed by atoms with E-state index in [1.54, 1.807) is 69.3 Å². The second-order valence-electron chi connectivity index (χ2n) is 10.2. The van der Waals surface area contributed by atoms with Gasteiger partial charge >= 0.3 is 6.09 Å². The first-order valence-electron chi connectivity index (χ1n) is 12.0. The van der Waals surface area contributed by atoms with Crippen LogP contribution in [0.5, 0.6) is 0 Å². The van der Waals surface area contributed by atoms with Gasteiger partial charge in [0.15, 0.2) is 0 Å². The van der Waals surface area contributed by atoms with Gasteiger partial charge in [0.05, 0.1) is 16.5 Å². The van der Waals surface area contributed by atoms with E-state index >= 15 is 0 Å². The van der Waals surface area contributed by atoms with Crippen LogP contribution in [0.15, 0.2) is 60.7 Å². The largest absolute Gasteiger partial charge is 0.444 e. The third-order valence-corrected chi connectivity index (χ3v) is 7.55. The maximum Gasteiger partial charge on any atom is 0.412 e. The van der Waals surface area contributed by atoms with E-state index in [0.29, 0.717) is 32.7 Å². The van der Waals surface area contributed by atoms with E-state index in [1.165, 1.54) is 12.1 Å². The minimum Gasteiger partial charge on any atom is -0.444 e. The van der Waals surface area contributed by atoms with Crippen LogP contribution in [0, 0.1) is 5.92 Å². The number of hydrogen-bond acceptors (Lipinski definition) is 4. The molecule has 0 saturated heterocycles. The summed E-state index contributed by atoms with van der Waals surface area (Å²) in [5, 5.41) is 9.09. The topological polar surface area (TPSA) is 96.5 Å². The molecule has 0 heterocycles. The fourth-order valence-corrected chi connectivity index (χ4v) is 5.65. The van der Waals surface area contributed by atoms with Gasteiger partial charge in [0, 0.05) is 33.0 Å². The predicted molar refractivity (Wildman–Crippen MR) is 161 cm³/mol. The Kier molecular flexibility index (Phi) is 8.83. The van der Waals surface area contributed by atoms with Crippen LogP contribution in [0.1, 0.15) is 42.6 Å². The summed E-state index contributed by atoms with van der Waals surface area (Å²) in [6, 6.07) is 15.9. The van der Waals surface area contributed by atoms with Crippen molar-refractivity contribution < 1.29 is 19.1 Å². The van der Waals surface area contributed by atoms with E-state index < -0.39 is 39.7 Å². The number of anilines is 3. The molecular formula is C28H24Cl5N3O4. The van der Waals surface area contributed by atoms with Gasteiger partial charge in [-0.3, -0.25) is 14.9 Å². The Bertz CT molecular complexity index is 1450. The molecule has 4 rings (SSSR count). The summed E-state index contributed by atoms with van der Waals surface area (Å²) in [5.74, 6) is -2.23. The van der Waals surface area contributed by atoms with E-state index in [9.17, 15) is 14.4 Å². The van der Waals surface area contributed by atoms with Gasteiger partial charge in [0.1, 0.15) is 9.93 Å². The van der Waals surface area contributed by atoms with Crippen molar-refractivity contribution in [1.82, 2.24) is 0 Å². The van der Waals surface area contributed by atoms with E-state index in [-0.39, 0.29) is 10.6 Å². The minimum absolute atomic E-state index is 0.132. The number of carbonyl (C=O) groups is 3. The summed E-state index contributed by atoms with van der Waals surface area (Å²) in [6.07, 6.45) is -0.593. The molecule has 3 amide bonds. The highest BCUT2D eigenvalue weighted by Crippen LogP contribution is 2.65. The first-order valence-corrected chi connectivity index (χ1v) is 13.9. The van der Waals surface area contributed by atoms with Crippen molar-refractivity contribution in [2.45, 2.75) is 36.6 Å². The molecule has 0 aliphatic heterocycles. The number of hydrogen-bond donors (Lipinski definition) is 3. The molecule has 210 valence electrons. The lowest BCUT2D eigenvalue weighted by atomic mass is 10.1. The molecule has 0 bridgehead atoms. The molecular weight excluding hydrogens is 620 g/mol. The lowest BCUT2D eigenvalue weighted by molar-refractivity contribution is -0.117. The Morgan fingerprint density at radius 3 is 1.90 bits per heavy atom. The molecule has 3 aromatic carbocycles. The van der Waals surface area contributed by atoms with Crippen molar-refractivity contribution in [2.24, 2.45) is 5.92 Å². The lowest BCUT2D eigenvalue weighted by Gasteiger charge is -2.19. The molecule has 1 saturated carbocycles. The first kappa shape index (κ1) is 30.3. The molecule has 1 aliphatic carbocycles. The molecule has 3 N–H and O–H groups in total. The number of benzene rings is 3. The third-order valence-electron chi connectivity index (χ3n) is 5.85. The maximum absolute atomic E-state index is 13.1. The van der Waals surface area contributed by atoms with Gasteiger partial charge in [-0.15, -0.1) is 23.2 Å². The van der Waals surface area contributed by atoms with Gasteiger partial charge < -0.3 is 15.4 Å². The fourth-order valence-electron chi connectivity index (χ4n) is 4.08. The summed E-state index contributed by atoms with van der Waals surface area (Å²) in [7, 11) is 0. The Labute approximate surface area is 256 Å². The summed E-state index contributed by atoms with van der Waals surface area (Å²) >= 11 is 31.4. The number of ether oxygens (including phenoxy) is 1. The van der Waals surface area contributed by atoms with Crippen LogP contribution in [0.2, 0.25) is 15.1 Å². The standard InChI is InChI=1S/C28H24Cl5N3O4/c1-27(2,3)40-26(39)36-18-6-4-17(5-7-18)34-24(37)20-13-19(8-9-21(20)31)35-25(38)23-22(28(23,32)33)14-10-15(29)12-16(30)11-14/h4-13,22-23H,1-3H3,(H,34,37)(H,35,38)(H,36,39)/t22-,23+/m0/s1. The molecule has 40 heavy (non-hydrogen) atoms. The summed E-state index contributed by atoms with van der Waals surface area (Å²) in [5.41, 5.74) is 1.42. The lowest BCUT2D eigenvalue weighted by Crippen LogP contribution is -2.27. The van der Waals surface area contributed by atoms with Crippen LogP contribution >= 0.6 is 58.0 Å². The Hall–Kier alpha value is -2.68. The first-order chi connectivity index (χ1) is 18.6. The number of rotatable bonds is 6. The van der Waals surface area contributed by atoms with E-state index in [1.807, 2.05) is 0 Å². The molecule has 12 heteroatoms. The molecule has 1 aliphatic rings. The number of halogens is 5. The zero-order chi connectivity index (χ0) is 29.4. The number of alkyl halides is 2. The molecule has 0 unspecified atom stereocenters. The van der Waals surface area contributed by atoms with Gasteiger partial charge in [-0.2, -0.15) is 0 Å². The van der Waals surface area contributed by atoms with E-state index in [2.05, 4.69) is 16.0 Å². The molecule has 3 aromatic rings. The predicted octanol–water partition coefficient (Wildman–Crippen LogP) is 8.77. The highest BCUT2D eigenvalue weighted by Gasteiger charge is 2.67. The molecule has 1 fully saturated rings. The van der Waals surface area contributed by atoms with Crippen molar-refractivity contribution in [3.05, 3.63) is 86.9 Å². The molecule has 0 radical (unpaired) electrons. The molecule has 7 nitrogen and oxygen atoms in total. The summed E-state index contributed by atoms with van der Waals surface area (Å²) < 4.78 is 3.87. The Morgan fingerprint density at radius 2 is 1.32 bits per heavy atom. The molecule has 2 atom stereocenters. The van der Waals surface area contributed by atoms with Crippen LogP contribution in [-0.2, 0) is 9.53 Å². The van der Waals surface area contributed by atoms with Gasteiger partial charge in [0.25, 0.3) is 5.91 Å². The summed E-state index contributed by atoms with van der Waals surface area (Å²) in [4.78, 5) is 38.0. The number of carbonyl (C=O) groups excluding carboxylic acids is 3. The van der Waals surface area contributed by atoms with Crippen molar-refractivity contribution in [1.29, 1.82) is 0 Å². The van der Waals surface area contributed by atoms with Gasteiger partial charge in [0.2, 0.25) is 5.91 Å². The highest BCUT2D eigenvalue weighted by atomic mass is 35.5.